The van der Waals surface area contributed by atoms with Gasteiger partial charge in [-0.05, 0) is 46.1 Å². The Bertz CT molecular complexity index is 620. The molecule has 5 nitrogen and oxygen atoms in total. The summed E-state index contributed by atoms with van der Waals surface area (Å²) >= 11 is 0. The Kier molecular flexibility index (Phi) is 3.82. The van der Waals surface area contributed by atoms with Crippen molar-refractivity contribution in [2.24, 2.45) is 0 Å². The van der Waals surface area contributed by atoms with Crippen molar-refractivity contribution < 1.29 is 0 Å². The number of nitrogens with zero attached hydrogens (tertiary/aromatic N) is 5. The maximum atomic E-state index is 4.66. The minimum Gasteiger partial charge on any atom is -0.346 e. The van der Waals surface area contributed by atoms with Gasteiger partial charge in [-0.15, -0.1) is 0 Å². The van der Waals surface area contributed by atoms with Crippen LogP contribution >= 0.6 is 0 Å². The zero-order valence-corrected chi connectivity index (χ0v) is 12.9. The SMILES string of the molecule is Cc1cc(N2CCCC[C@@H]2c2nc(C)cc(C)n2)ncn1. The van der Waals surface area contributed by atoms with Gasteiger partial charge in [0.15, 0.2) is 5.82 Å². The summed E-state index contributed by atoms with van der Waals surface area (Å²) < 4.78 is 0. The van der Waals surface area contributed by atoms with E-state index in [-0.39, 0.29) is 6.04 Å². The Morgan fingerprint density at radius 3 is 2.43 bits per heavy atom. The fourth-order valence-electron chi connectivity index (χ4n) is 2.97. The van der Waals surface area contributed by atoms with Crippen LogP contribution in [0.3, 0.4) is 0 Å². The minimum atomic E-state index is 0.214. The van der Waals surface area contributed by atoms with Crippen LogP contribution in [0.15, 0.2) is 18.5 Å². The lowest BCUT2D eigenvalue weighted by molar-refractivity contribution is 0.451. The van der Waals surface area contributed by atoms with Crippen LogP contribution in [0.1, 0.15) is 48.2 Å². The van der Waals surface area contributed by atoms with Crippen molar-refractivity contribution in [2.45, 2.75) is 46.1 Å². The zero-order valence-electron chi connectivity index (χ0n) is 12.9. The van der Waals surface area contributed by atoms with E-state index < -0.39 is 0 Å². The van der Waals surface area contributed by atoms with Gasteiger partial charge >= 0.3 is 0 Å². The smallest absolute Gasteiger partial charge is 0.151 e. The van der Waals surface area contributed by atoms with Gasteiger partial charge in [0.25, 0.3) is 0 Å². The van der Waals surface area contributed by atoms with Crippen LogP contribution < -0.4 is 4.90 Å². The van der Waals surface area contributed by atoms with Gasteiger partial charge in [-0.2, -0.15) is 0 Å². The molecule has 0 unspecified atom stereocenters. The first-order chi connectivity index (χ1) is 10.1. The maximum Gasteiger partial charge on any atom is 0.151 e. The van der Waals surface area contributed by atoms with Crippen LogP contribution in [0.5, 0.6) is 0 Å². The van der Waals surface area contributed by atoms with Gasteiger partial charge in [0, 0.05) is 29.7 Å². The third-order valence-corrected chi connectivity index (χ3v) is 3.88. The van der Waals surface area contributed by atoms with Crippen LogP contribution in [0.25, 0.3) is 0 Å². The molecule has 1 saturated heterocycles. The molecule has 0 spiro atoms. The molecule has 2 aromatic rings. The predicted octanol–water partition coefficient (Wildman–Crippen LogP) is 2.92. The molecule has 3 heterocycles. The highest BCUT2D eigenvalue weighted by Crippen LogP contribution is 2.32. The number of hydrogen-bond donors (Lipinski definition) is 0. The second-order valence-corrected chi connectivity index (χ2v) is 5.73. The minimum absolute atomic E-state index is 0.214. The molecule has 21 heavy (non-hydrogen) atoms. The number of hydrogen-bond acceptors (Lipinski definition) is 5. The van der Waals surface area contributed by atoms with E-state index in [4.69, 9.17) is 0 Å². The first kappa shape index (κ1) is 13.9. The second-order valence-electron chi connectivity index (χ2n) is 5.73. The van der Waals surface area contributed by atoms with Gasteiger partial charge in [-0.1, -0.05) is 0 Å². The lowest BCUT2D eigenvalue weighted by atomic mass is 10.0. The Hall–Kier alpha value is -2.04. The Balaban J connectivity index is 1.98. The van der Waals surface area contributed by atoms with Crippen LogP contribution in [-0.2, 0) is 0 Å². The monoisotopic (exact) mass is 283 g/mol. The summed E-state index contributed by atoms with van der Waals surface area (Å²) in [6.45, 7) is 7.05. The highest BCUT2D eigenvalue weighted by atomic mass is 15.2. The summed E-state index contributed by atoms with van der Waals surface area (Å²) in [7, 11) is 0. The molecule has 1 aliphatic rings. The number of rotatable bonds is 2. The molecule has 0 N–H and O–H groups in total. The first-order valence-corrected chi connectivity index (χ1v) is 7.51. The lowest BCUT2D eigenvalue weighted by Crippen LogP contribution is -2.35. The Morgan fingerprint density at radius 2 is 1.71 bits per heavy atom. The highest BCUT2D eigenvalue weighted by molar-refractivity contribution is 5.41. The van der Waals surface area contributed by atoms with E-state index in [1.807, 2.05) is 32.9 Å². The van der Waals surface area contributed by atoms with E-state index in [9.17, 15) is 0 Å². The van der Waals surface area contributed by atoms with Gasteiger partial charge in [-0.25, -0.2) is 19.9 Å². The molecule has 2 aromatic heterocycles. The topological polar surface area (TPSA) is 54.8 Å². The predicted molar refractivity (Wildman–Crippen MR) is 82.2 cm³/mol. The van der Waals surface area contributed by atoms with Crippen molar-refractivity contribution in [3.63, 3.8) is 0 Å². The standard InChI is InChI=1S/C16H21N5/c1-11-9-15(18-10-17-11)21-7-5-4-6-14(21)16-19-12(2)8-13(3)20-16/h8-10,14H,4-7H2,1-3H3/t14-/m1/s1. The van der Waals surface area contributed by atoms with Gasteiger partial charge in [-0.3, -0.25) is 0 Å². The molecule has 0 amide bonds. The molecule has 3 rings (SSSR count). The average Bonchev–Trinajstić information content (AvgIpc) is 2.46. The molecule has 0 radical (unpaired) electrons. The summed E-state index contributed by atoms with van der Waals surface area (Å²) in [5, 5.41) is 0. The lowest BCUT2D eigenvalue weighted by Gasteiger charge is -2.35. The van der Waals surface area contributed by atoms with Crippen LogP contribution in [0.2, 0.25) is 0 Å². The Morgan fingerprint density at radius 1 is 0.952 bits per heavy atom. The maximum absolute atomic E-state index is 4.66. The average molecular weight is 283 g/mol. The molecular weight excluding hydrogens is 262 g/mol. The van der Waals surface area contributed by atoms with Crippen molar-refractivity contribution in [2.75, 3.05) is 11.4 Å². The van der Waals surface area contributed by atoms with Crippen molar-refractivity contribution >= 4 is 5.82 Å². The molecule has 1 aliphatic heterocycles. The third-order valence-electron chi connectivity index (χ3n) is 3.88. The van der Waals surface area contributed by atoms with Crippen molar-refractivity contribution in [1.29, 1.82) is 0 Å². The van der Waals surface area contributed by atoms with E-state index in [0.717, 1.165) is 41.7 Å². The second kappa shape index (κ2) is 5.76. The van der Waals surface area contributed by atoms with E-state index in [2.05, 4.69) is 24.8 Å². The largest absolute Gasteiger partial charge is 0.346 e. The van der Waals surface area contributed by atoms with Crippen molar-refractivity contribution in [1.82, 2.24) is 19.9 Å². The number of piperidine rings is 1. The van der Waals surface area contributed by atoms with E-state index in [1.165, 1.54) is 12.8 Å². The van der Waals surface area contributed by atoms with Gasteiger partial charge in [0.05, 0.1) is 6.04 Å². The first-order valence-electron chi connectivity index (χ1n) is 7.51. The van der Waals surface area contributed by atoms with Crippen molar-refractivity contribution in [3.05, 3.63) is 41.4 Å². The summed E-state index contributed by atoms with van der Waals surface area (Å²) in [5.74, 6) is 1.90. The molecule has 1 fully saturated rings. The van der Waals surface area contributed by atoms with Crippen LogP contribution in [-0.4, -0.2) is 26.5 Å². The van der Waals surface area contributed by atoms with Crippen LogP contribution in [0, 0.1) is 20.8 Å². The quantitative estimate of drug-likeness (QED) is 0.848. The van der Waals surface area contributed by atoms with Gasteiger partial charge < -0.3 is 4.90 Å². The van der Waals surface area contributed by atoms with Gasteiger partial charge in [0.1, 0.15) is 12.1 Å². The van der Waals surface area contributed by atoms with E-state index in [1.54, 1.807) is 6.33 Å². The fourth-order valence-corrected chi connectivity index (χ4v) is 2.97. The zero-order chi connectivity index (χ0) is 14.8. The number of aryl methyl sites for hydroxylation is 3. The fraction of sp³-hybridized carbons (Fsp3) is 0.500. The molecular formula is C16H21N5. The molecule has 5 heteroatoms. The molecule has 0 aromatic carbocycles. The number of aromatic nitrogens is 4. The molecule has 0 saturated carbocycles. The molecule has 0 aliphatic carbocycles. The van der Waals surface area contributed by atoms with E-state index in [0.29, 0.717) is 0 Å². The summed E-state index contributed by atoms with van der Waals surface area (Å²) in [6, 6.07) is 4.28. The van der Waals surface area contributed by atoms with Gasteiger partial charge in [0.2, 0.25) is 0 Å². The summed E-state index contributed by atoms with van der Waals surface area (Å²) in [5.41, 5.74) is 3.05. The summed E-state index contributed by atoms with van der Waals surface area (Å²) in [4.78, 5) is 20.3. The molecule has 0 bridgehead atoms. The normalized spacial score (nSPS) is 18.8. The molecule has 1 atom stereocenters. The van der Waals surface area contributed by atoms with Crippen molar-refractivity contribution in [3.8, 4) is 0 Å². The molecule has 110 valence electrons. The number of anilines is 1. The van der Waals surface area contributed by atoms with E-state index >= 15 is 0 Å². The summed E-state index contributed by atoms with van der Waals surface area (Å²) in [6.07, 6.45) is 5.11. The Labute approximate surface area is 125 Å². The third kappa shape index (κ3) is 3.01. The highest BCUT2D eigenvalue weighted by Gasteiger charge is 2.27. The van der Waals surface area contributed by atoms with Crippen LogP contribution in [0.4, 0.5) is 5.82 Å².